The minimum absolute atomic E-state index is 0.0270. The number of halogens is 1. The van der Waals surface area contributed by atoms with Crippen LogP contribution in [0.4, 0.5) is 4.39 Å². The first-order valence-electron chi connectivity index (χ1n) is 10.1. The van der Waals surface area contributed by atoms with Crippen LogP contribution in [0.5, 0.6) is 11.5 Å². The largest absolute Gasteiger partial charge is 0.497 e. The molecular formula is C25H23FN2O4. The van der Waals surface area contributed by atoms with E-state index >= 15 is 0 Å². The van der Waals surface area contributed by atoms with E-state index in [2.05, 4.69) is 5.10 Å². The maximum Gasteiger partial charge on any atom is 0.277 e. The Morgan fingerprint density at radius 1 is 1.03 bits per heavy atom. The van der Waals surface area contributed by atoms with Crippen LogP contribution in [-0.2, 0) is 5.72 Å². The van der Waals surface area contributed by atoms with Gasteiger partial charge in [0.2, 0.25) is 0 Å². The smallest absolute Gasteiger partial charge is 0.277 e. The normalized spacial score (nSPS) is 17.8. The van der Waals surface area contributed by atoms with Crippen molar-refractivity contribution in [3.63, 3.8) is 0 Å². The number of methoxy groups -OCH3 is 2. The van der Waals surface area contributed by atoms with E-state index in [9.17, 15) is 14.3 Å². The summed E-state index contributed by atoms with van der Waals surface area (Å²) in [6.45, 7) is 1.94. The highest BCUT2D eigenvalue weighted by molar-refractivity contribution is 6.05. The summed E-state index contributed by atoms with van der Waals surface area (Å²) in [4.78, 5) is 13.4. The summed E-state index contributed by atoms with van der Waals surface area (Å²) in [6.07, 6.45) is 0.0762. The molecule has 3 aromatic carbocycles. The third-order valence-corrected chi connectivity index (χ3v) is 5.51. The molecule has 164 valence electrons. The Morgan fingerprint density at radius 3 is 2.31 bits per heavy atom. The van der Waals surface area contributed by atoms with Gasteiger partial charge in [0.05, 0.1) is 19.9 Å². The Bertz CT molecular complexity index is 1180. The molecule has 4 rings (SSSR count). The lowest BCUT2D eigenvalue weighted by Crippen LogP contribution is -2.43. The van der Waals surface area contributed by atoms with E-state index in [-0.39, 0.29) is 17.7 Å². The van der Waals surface area contributed by atoms with Crippen LogP contribution in [0.1, 0.15) is 33.5 Å². The molecule has 0 saturated carbocycles. The van der Waals surface area contributed by atoms with Gasteiger partial charge in [-0.15, -0.1) is 0 Å². The van der Waals surface area contributed by atoms with Crippen molar-refractivity contribution in [1.29, 1.82) is 0 Å². The fourth-order valence-corrected chi connectivity index (χ4v) is 3.67. The van der Waals surface area contributed by atoms with E-state index < -0.39 is 17.4 Å². The second-order valence-electron chi connectivity index (χ2n) is 7.60. The molecule has 1 N–H and O–H groups in total. The highest BCUT2D eigenvalue weighted by Crippen LogP contribution is 2.38. The molecule has 1 aliphatic heterocycles. The lowest BCUT2D eigenvalue weighted by atomic mass is 9.93. The van der Waals surface area contributed by atoms with Crippen molar-refractivity contribution in [2.45, 2.75) is 19.1 Å². The van der Waals surface area contributed by atoms with Crippen LogP contribution >= 0.6 is 0 Å². The van der Waals surface area contributed by atoms with Crippen molar-refractivity contribution in [2.75, 3.05) is 14.2 Å². The summed E-state index contributed by atoms with van der Waals surface area (Å²) < 4.78 is 24.4. The summed E-state index contributed by atoms with van der Waals surface area (Å²) in [7, 11) is 2.93. The minimum Gasteiger partial charge on any atom is -0.497 e. The van der Waals surface area contributed by atoms with E-state index in [4.69, 9.17) is 9.47 Å². The minimum atomic E-state index is -1.73. The fourth-order valence-electron chi connectivity index (χ4n) is 3.67. The van der Waals surface area contributed by atoms with Crippen LogP contribution in [0, 0.1) is 12.7 Å². The second kappa shape index (κ2) is 8.43. The number of carbonyl (C=O) groups excluding carboxylic acids is 1. The molecule has 7 heteroatoms. The first-order chi connectivity index (χ1) is 15.4. The molecule has 1 amide bonds. The zero-order valence-electron chi connectivity index (χ0n) is 18.0. The summed E-state index contributed by atoms with van der Waals surface area (Å²) in [5.41, 5.74) is 1.12. The average Bonchev–Trinajstić information content (AvgIpc) is 3.17. The van der Waals surface area contributed by atoms with Crippen LogP contribution < -0.4 is 9.47 Å². The van der Waals surface area contributed by atoms with Crippen molar-refractivity contribution >= 4 is 11.6 Å². The number of nitrogens with zero attached hydrogens (tertiary/aromatic N) is 2. The maximum absolute atomic E-state index is 14.3. The zero-order valence-corrected chi connectivity index (χ0v) is 18.0. The highest BCUT2D eigenvalue weighted by Gasteiger charge is 2.46. The highest BCUT2D eigenvalue weighted by atomic mass is 19.1. The van der Waals surface area contributed by atoms with Gasteiger partial charge in [0.15, 0.2) is 17.3 Å². The lowest BCUT2D eigenvalue weighted by molar-refractivity contribution is -0.0765. The Balaban J connectivity index is 1.77. The summed E-state index contributed by atoms with van der Waals surface area (Å²) in [5, 5.41) is 17.2. The van der Waals surface area contributed by atoms with E-state index in [0.717, 1.165) is 22.2 Å². The molecule has 0 bridgehead atoms. The molecule has 1 heterocycles. The molecule has 0 spiro atoms. The second-order valence-corrected chi connectivity index (χ2v) is 7.60. The molecule has 1 unspecified atom stereocenters. The summed E-state index contributed by atoms with van der Waals surface area (Å²) in [5.74, 6) is -0.587. The number of benzene rings is 3. The fraction of sp³-hybridized carbons (Fsp3) is 0.200. The van der Waals surface area contributed by atoms with Gasteiger partial charge in [0, 0.05) is 17.5 Å². The molecule has 1 aliphatic rings. The number of hydrogen-bond acceptors (Lipinski definition) is 5. The first kappa shape index (κ1) is 21.5. The number of aliphatic hydroxyl groups is 1. The Hall–Kier alpha value is -3.71. The Labute approximate surface area is 185 Å². The van der Waals surface area contributed by atoms with Crippen molar-refractivity contribution in [1.82, 2.24) is 5.01 Å². The van der Waals surface area contributed by atoms with E-state index in [1.807, 2.05) is 31.2 Å². The van der Waals surface area contributed by atoms with Crippen molar-refractivity contribution < 1.29 is 23.8 Å². The third kappa shape index (κ3) is 3.83. The van der Waals surface area contributed by atoms with Gasteiger partial charge in [0.1, 0.15) is 5.75 Å². The number of aryl methyl sites for hydroxylation is 1. The predicted octanol–water partition coefficient (Wildman–Crippen LogP) is 4.25. The van der Waals surface area contributed by atoms with Gasteiger partial charge < -0.3 is 14.6 Å². The van der Waals surface area contributed by atoms with Crippen LogP contribution in [0.15, 0.2) is 71.8 Å². The van der Waals surface area contributed by atoms with Gasteiger partial charge in [-0.1, -0.05) is 29.8 Å². The number of rotatable bonds is 5. The zero-order chi connectivity index (χ0) is 22.9. The molecule has 0 aliphatic carbocycles. The molecule has 0 aromatic heterocycles. The quantitative estimate of drug-likeness (QED) is 0.652. The van der Waals surface area contributed by atoms with Crippen LogP contribution in [0.25, 0.3) is 0 Å². The SMILES string of the molecule is COc1ccc(C2=NN(C(=O)c3ccc(OC)c(F)c3)C(O)(c3ccc(C)cc3)C2)cc1. The number of hydrazone groups is 1. The molecule has 6 nitrogen and oxygen atoms in total. The van der Waals surface area contributed by atoms with E-state index in [1.54, 1.807) is 31.4 Å². The molecule has 0 saturated heterocycles. The lowest BCUT2D eigenvalue weighted by Gasteiger charge is -2.31. The van der Waals surface area contributed by atoms with Crippen LogP contribution in [0.3, 0.4) is 0 Å². The molecule has 0 fully saturated rings. The Morgan fingerprint density at radius 2 is 1.72 bits per heavy atom. The van der Waals surface area contributed by atoms with Gasteiger partial charge in [0.25, 0.3) is 5.91 Å². The van der Waals surface area contributed by atoms with Crippen molar-refractivity contribution in [3.05, 3.63) is 94.8 Å². The first-order valence-corrected chi connectivity index (χ1v) is 10.1. The average molecular weight is 434 g/mol. The molecule has 3 aromatic rings. The molecule has 1 atom stereocenters. The van der Waals surface area contributed by atoms with Gasteiger partial charge in [-0.25, -0.2) is 4.39 Å². The van der Waals surface area contributed by atoms with Crippen LogP contribution in [0.2, 0.25) is 0 Å². The van der Waals surface area contributed by atoms with E-state index in [0.29, 0.717) is 17.0 Å². The maximum atomic E-state index is 14.3. The molecule has 0 radical (unpaired) electrons. The van der Waals surface area contributed by atoms with Gasteiger partial charge in [-0.2, -0.15) is 10.1 Å². The van der Waals surface area contributed by atoms with Gasteiger partial charge in [-0.05, 0) is 55.0 Å². The topological polar surface area (TPSA) is 71.4 Å². The van der Waals surface area contributed by atoms with Gasteiger partial charge >= 0.3 is 0 Å². The van der Waals surface area contributed by atoms with Gasteiger partial charge in [-0.3, -0.25) is 4.79 Å². The number of hydrogen-bond donors (Lipinski definition) is 1. The number of carbonyl (C=O) groups is 1. The molecular weight excluding hydrogens is 411 g/mol. The molecule has 32 heavy (non-hydrogen) atoms. The van der Waals surface area contributed by atoms with Crippen molar-refractivity contribution in [2.24, 2.45) is 5.10 Å². The van der Waals surface area contributed by atoms with E-state index in [1.165, 1.54) is 19.2 Å². The number of amides is 1. The third-order valence-electron chi connectivity index (χ3n) is 5.51. The van der Waals surface area contributed by atoms with Crippen LogP contribution in [-0.4, -0.2) is 36.0 Å². The monoisotopic (exact) mass is 434 g/mol. The predicted molar refractivity (Wildman–Crippen MR) is 118 cm³/mol. The standard InChI is InChI=1S/C25H23FN2O4/c1-16-4-9-19(10-5-16)25(30)15-22(17-6-11-20(31-2)12-7-17)27-28(25)24(29)18-8-13-23(32-3)21(26)14-18/h4-14,30H,15H2,1-3H3. The number of ether oxygens (including phenoxy) is 2. The summed E-state index contributed by atoms with van der Waals surface area (Å²) in [6, 6.07) is 18.3. The Kier molecular flexibility index (Phi) is 5.67. The summed E-state index contributed by atoms with van der Waals surface area (Å²) >= 11 is 0. The van der Waals surface area contributed by atoms with Crippen molar-refractivity contribution in [3.8, 4) is 11.5 Å².